The van der Waals surface area contributed by atoms with E-state index in [0.717, 1.165) is 24.2 Å². The Morgan fingerprint density at radius 1 is 1.19 bits per heavy atom. The number of amides is 2. The lowest BCUT2D eigenvalue weighted by atomic mass is 10.00. The van der Waals surface area contributed by atoms with Gasteiger partial charge in [-0.1, -0.05) is 55.6 Å². The minimum Gasteiger partial charge on any atom is -0.491 e. The van der Waals surface area contributed by atoms with Gasteiger partial charge >= 0.3 is 0 Å². The summed E-state index contributed by atoms with van der Waals surface area (Å²) in [7, 11) is 0. The summed E-state index contributed by atoms with van der Waals surface area (Å²) >= 11 is 7.87. The molecular formula is C29H33ClN2O3S. The largest absolute Gasteiger partial charge is 0.491 e. The molecule has 2 amide bonds. The first-order valence-electron chi connectivity index (χ1n) is 12.5. The fraction of sp³-hybridized carbons (Fsp3) is 0.379. The highest BCUT2D eigenvalue weighted by molar-refractivity contribution is 7.10. The summed E-state index contributed by atoms with van der Waals surface area (Å²) in [5.41, 5.74) is 2.81. The predicted octanol–water partition coefficient (Wildman–Crippen LogP) is 6.40. The SMILES string of the molecule is CC[C@@H](C)CN(CC(=O)N1CCc2sccc2[C@H]1COc1ccc(C)cc1)C(=O)c1cccc(Cl)c1. The molecule has 0 aliphatic carbocycles. The van der Waals surface area contributed by atoms with Crippen molar-refractivity contribution in [1.82, 2.24) is 9.80 Å². The first kappa shape index (κ1) is 26.2. The van der Waals surface area contributed by atoms with E-state index in [1.54, 1.807) is 40.5 Å². The highest BCUT2D eigenvalue weighted by Gasteiger charge is 2.34. The Balaban J connectivity index is 1.54. The van der Waals surface area contributed by atoms with E-state index < -0.39 is 0 Å². The van der Waals surface area contributed by atoms with E-state index >= 15 is 0 Å². The van der Waals surface area contributed by atoms with Gasteiger partial charge < -0.3 is 14.5 Å². The van der Waals surface area contributed by atoms with Crippen LogP contribution < -0.4 is 4.74 Å². The lowest BCUT2D eigenvalue weighted by Gasteiger charge is -2.37. The minimum absolute atomic E-state index is 0.0240. The summed E-state index contributed by atoms with van der Waals surface area (Å²) in [5, 5.41) is 2.58. The molecule has 3 aromatic rings. The predicted molar refractivity (Wildman–Crippen MR) is 146 cm³/mol. The maximum atomic E-state index is 13.7. The molecule has 1 aliphatic rings. The van der Waals surface area contributed by atoms with Crippen LogP contribution in [0.1, 0.15) is 52.7 Å². The van der Waals surface area contributed by atoms with Crippen molar-refractivity contribution in [2.24, 2.45) is 5.92 Å². The normalized spacial score (nSPS) is 15.8. The third-order valence-corrected chi connectivity index (χ3v) is 7.99. The fourth-order valence-electron chi connectivity index (χ4n) is 4.47. The Morgan fingerprint density at radius 2 is 1.97 bits per heavy atom. The molecule has 1 aromatic heterocycles. The summed E-state index contributed by atoms with van der Waals surface area (Å²) in [6.07, 6.45) is 1.73. The second kappa shape index (κ2) is 11.9. The van der Waals surface area contributed by atoms with Gasteiger partial charge in [-0.3, -0.25) is 9.59 Å². The van der Waals surface area contributed by atoms with E-state index in [0.29, 0.717) is 30.3 Å². The van der Waals surface area contributed by atoms with Gasteiger partial charge in [0.2, 0.25) is 5.91 Å². The Bertz CT molecular complexity index is 1190. The smallest absolute Gasteiger partial charge is 0.254 e. The maximum Gasteiger partial charge on any atom is 0.254 e. The molecule has 0 unspecified atom stereocenters. The Kier molecular flexibility index (Phi) is 8.70. The minimum atomic E-state index is -0.194. The van der Waals surface area contributed by atoms with Crippen LogP contribution in [-0.2, 0) is 11.2 Å². The molecule has 1 aliphatic heterocycles. The van der Waals surface area contributed by atoms with Crippen molar-refractivity contribution >= 4 is 34.8 Å². The molecule has 36 heavy (non-hydrogen) atoms. The van der Waals surface area contributed by atoms with Crippen LogP contribution in [0.25, 0.3) is 0 Å². The Morgan fingerprint density at radius 3 is 2.69 bits per heavy atom. The van der Waals surface area contributed by atoms with Gasteiger partial charge in [-0.15, -0.1) is 11.3 Å². The topological polar surface area (TPSA) is 49.9 Å². The van der Waals surface area contributed by atoms with Gasteiger partial charge in [0.05, 0.1) is 6.04 Å². The third kappa shape index (κ3) is 6.29. The van der Waals surface area contributed by atoms with Crippen molar-refractivity contribution in [2.45, 2.75) is 39.7 Å². The quantitative estimate of drug-likeness (QED) is 0.325. The van der Waals surface area contributed by atoms with Crippen molar-refractivity contribution in [1.29, 1.82) is 0 Å². The molecule has 0 saturated heterocycles. The average Bonchev–Trinajstić information content (AvgIpc) is 3.36. The number of rotatable bonds is 9. The van der Waals surface area contributed by atoms with Crippen LogP contribution in [0.2, 0.25) is 5.02 Å². The van der Waals surface area contributed by atoms with Gasteiger partial charge in [-0.05, 0) is 66.6 Å². The van der Waals surface area contributed by atoms with Gasteiger partial charge in [-0.25, -0.2) is 0 Å². The second-order valence-corrected chi connectivity index (χ2v) is 10.9. The zero-order chi connectivity index (χ0) is 25.7. The van der Waals surface area contributed by atoms with E-state index in [9.17, 15) is 9.59 Å². The van der Waals surface area contributed by atoms with Crippen molar-refractivity contribution in [3.05, 3.63) is 86.6 Å². The zero-order valence-electron chi connectivity index (χ0n) is 21.1. The first-order valence-corrected chi connectivity index (χ1v) is 13.7. The number of thiophene rings is 1. The van der Waals surface area contributed by atoms with Gasteiger partial charge in [0, 0.05) is 28.6 Å². The molecule has 190 valence electrons. The maximum absolute atomic E-state index is 13.7. The Hall–Kier alpha value is -2.83. The number of aryl methyl sites for hydroxylation is 1. The highest BCUT2D eigenvalue weighted by atomic mass is 35.5. The van der Waals surface area contributed by atoms with Crippen LogP contribution in [0, 0.1) is 12.8 Å². The van der Waals surface area contributed by atoms with E-state index in [4.69, 9.17) is 16.3 Å². The summed E-state index contributed by atoms with van der Waals surface area (Å²) in [6, 6.07) is 16.8. The molecular weight excluding hydrogens is 492 g/mol. The van der Waals surface area contributed by atoms with Gasteiger partial charge in [0.25, 0.3) is 5.91 Å². The number of carbonyl (C=O) groups excluding carboxylic acids is 2. The summed E-state index contributed by atoms with van der Waals surface area (Å²) in [6.45, 7) is 7.74. The first-order chi connectivity index (χ1) is 17.4. The molecule has 2 heterocycles. The number of benzene rings is 2. The summed E-state index contributed by atoms with van der Waals surface area (Å²) in [5.74, 6) is 0.811. The third-order valence-electron chi connectivity index (χ3n) is 6.76. The van der Waals surface area contributed by atoms with Gasteiger partial charge in [-0.2, -0.15) is 0 Å². The molecule has 2 aromatic carbocycles. The van der Waals surface area contributed by atoms with E-state index in [1.807, 2.05) is 36.1 Å². The molecule has 0 spiro atoms. The fourth-order valence-corrected chi connectivity index (χ4v) is 5.59. The highest BCUT2D eigenvalue weighted by Crippen LogP contribution is 2.34. The van der Waals surface area contributed by atoms with Crippen LogP contribution in [0.15, 0.2) is 60.0 Å². The molecule has 0 saturated carbocycles. The standard InChI is InChI=1S/C29H33ClN2O3S/c1-4-20(2)17-31(29(34)22-6-5-7-23(30)16-22)18-28(33)32-14-12-27-25(13-15-36-27)26(32)19-35-24-10-8-21(3)9-11-24/h5-11,13,15-16,20,26H,4,12,14,17-19H2,1-3H3/t20-,26-/m1/s1. The number of fused-ring (bicyclic) bond motifs is 1. The van der Waals surface area contributed by atoms with Gasteiger partial charge in [0.15, 0.2) is 0 Å². The number of hydrogen-bond donors (Lipinski definition) is 0. The monoisotopic (exact) mass is 524 g/mol. The van der Waals surface area contributed by atoms with E-state index in [1.165, 1.54) is 10.4 Å². The van der Waals surface area contributed by atoms with Crippen molar-refractivity contribution in [2.75, 3.05) is 26.2 Å². The van der Waals surface area contributed by atoms with E-state index in [2.05, 4.69) is 25.3 Å². The van der Waals surface area contributed by atoms with Crippen LogP contribution >= 0.6 is 22.9 Å². The molecule has 0 fully saturated rings. The number of ether oxygens (including phenoxy) is 1. The summed E-state index contributed by atoms with van der Waals surface area (Å²) < 4.78 is 6.14. The molecule has 0 radical (unpaired) electrons. The van der Waals surface area contributed by atoms with E-state index in [-0.39, 0.29) is 30.3 Å². The summed E-state index contributed by atoms with van der Waals surface area (Å²) in [4.78, 5) is 32.0. The zero-order valence-corrected chi connectivity index (χ0v) is 22.6. The van der Waals surface area contributed by atoms with Crippen molar-refractivity contribution in [3.63, 3.8) is 0 Å². The van der Waals surface area contributed by atoms with Crippen LogP contribution in [0.3, 0.4) is 0 Å². The Labute approximate surface area is 222 Å². The number of nitrogens with zero attached hydrogens (tertiary/aromatic N) is 2. The van der Waals surface area contributed by atoms with Crippen LogP contribution in [-0.4, -0.2) is 47.9 Å². The van der Waals surface area contributed by atoms with Crippen molar-refractivity contribution < 1.29 is 14.3 Å². The van der Waals surface area contributed by atoms with Gasteiger partial charge in [0.1, 0.15) is 18.9 Å². The molecule has 2 atom stereocenters. The lowest BCUT2D eigenvalue weighted by molar-refractivity contribution is -0.135. The molecule has 4 rings (SSSR count). The number of carbonyl (C=O) groups is 2. The molecule has 5 nitrogen and oxygen atoms in total. The molecule has 0 bridgehead atoms. The number of hydrogen-bond acceptors (Lipinski definition) is 4. The average molecular weight is 525 g/mol. The number of halogens is 1. The second-order valence-electron chi connectivity index (χ2n) is 9.49. The van der Waals surface area contributed by atoms with Crippen LogP contribution in [0.5, 0.6) is 5.75 Å². The molecule has 0 N–H and O–H groups in total. The van der Waals surface area contributed by atoms with Crippen LogP contribution in [0.4, 0.5) is 0 Å². The van der Waals surface area contributed by atoms with Crippen molar-refractivity contribution in [3.8, 4) is 5.75 Å². The lowest BCUT2D eigenvalue weighted by Crippen LogP contribution is -2.48. The molecule has 7 heteroatoms.